The minimum absolute atomic E-state index is 0.197. The molecule has 1 heterocycles. The third-order valence-electron chi connectivity index (χ3n) is 3.60. The number of oxazole rings is 1. The van der Waals surface area contributed by atoms with Crippen LogP contribution in [0.15, 0.2) is 52.9 Å². The van der Waals surface area contributed by atoms with Gasteiger partial charge in [0.25, 0.3) is 0 Å². The number of aryl methyl sites for hydroxylation is 1. The largest absolute Gasteiger partial charge is 0.493 e. The first-order valence-corrected chi connectivity index (χ1v) is 7.64. The molecule has 0 unspecified atom stereocenters. The lowest BCUT2D eigenvalue weighted by Gasteiger charge is -2.12. The molecule has 3 rings (SSSR count). The highest BCUT2D eigenvalue weighted by Gasteiger charge is 2.20. The van der Waals surface area contributed by atoms with Gasteiger partial charge in [-0.2, -0.15) is 0 Å². The minimum Gasteiger partial charge on any atom is -0.493 e. The fourth-order valence-corrected chi connectivity index (χ4v) is 2.44. The normalized spacial score (nSPS) is 10.5. The lowest BCUT2D eigenvalue weighted by molar-refractivity contribution is 0.0662. The number of carboxylic acids is 1. The van der Waals surface area contributed by atoms with Crippen LogP contribution in [0.4, 0.5) is 0 Å². The van der Waals surface area contributed by atoms with Crippen molar-refractivity contribution in [1.82, 2.24) is 4.98 Å². The number of aromatic nitrogens is 1. The van der Waals surface area contributed by atoms with E-state index in [0.29, 0.717) is 23.7 Å². The van der Waals surface area contributed by atoms with E-state index < -0.39 is 5.97 Å². The van der Waals surface area contributed by atoms with Crippen LogP contribution in [-0.2, 0) is 6.61 Å². The molecule has 0 aliphatic carbocycles. The first-order chi connectivity index (χ1) is 12.1. The Morgan fingerprint density at radius 2 is 1.92 bits per heavy atom. The van der Waals surface area contributed by atoms with Crippen molar-refractivity contribution in [2.24, 2.45) is 0 Å². The highest BCUT2D eigenvalue weighted by atomic mass is 16.5. The zero-order valence-corrected chi connectivity index (χ0v) is 13.9. The number of methoxy groups -OCH3 is 1. The van der Waals surface area contributed by atoms with Gasteiger partial charge in [0.15, 0.2) is 17.4 Å². The van der Waals surface area contributed by atoms with E-state index in [1.807, 2.05) is 30.3 Å². The van der Waals surface area contributed by atoms with Crippen LogP contribution in [0.5, 0.6) is 11.5 Å². The highest BCUT2D eigenvalue weighted by molar-refractivity contribution is 5.92. The summed E-state index contributed by atoms with van der Waals surface area (Å²) in [6.45, 7) is 2.00. The molecule has 128 valence electrons. The van der Waals surface area contributed by atoms with Gasteiger partial charge in [0, 0.05) is 12.5 Å². The molecule has 0 saturated carbocycles. The van der Waals surface area contributed by atoms with E-state index in [4.69, 9.17) is 13.9 Å². The molecule has 0 aliphatic rings. The Morgan fingerprint density at radius 1 is 1.16 bits per heavy atom. The van der Waals surface area contributed by atoms with Gasteiger partial charge in [0.2, 0.25) is 5.76 Å². The molecule has 0 bridgehead atoms. The quantitative estimate of drug-likeness (QED) is 0.732. The molecule has 3 aromatic rings. The van der Waals surface area contributed by atoms with Gasteiger partial charge in [0.1, 0.15) is 12.3 Å². The first kappa shape index (κ1) is 16.6. The van der Waals surface area contributed by atoms with E-state index in [1.54, 1.807) is 25.1 Å². The van der Waals surface area contributed by atoms with Crippen molar-refractivity contribution in [2.45, 2.75) is 13.5 Å². The second-order valence-corrected chi connectivity index (χ2v) is 5.36. The van der Waals surface area contributed by atoms with Gasteiger partial charge in [-0.3, -0.25) is 0 Å². The van der Waals surface area contributed by atoms with Gasteiger partial charge >= 0.3 is 5.97 Å². The van der Waals surface area contributed by atoms with Crippen molar-refractivity contribution in [3.05, 3.63) is 65.7 Å². The SMILES string of the molecule is COc1cc(-c2nc(C)oc2C(=O)O)ccc1OCc1ccccc1. The van der Waals surface area contributed by atoms with Crippen LogP contribution in [0, 0.1) is 6.92 Å². The Morgan fingerprint density at radius 3 is 2.60 bits per heavy atom. The van der Waals surface area contributed by atoms with Crippen LogP contribution < -0.4 is 9.47 Å². The van der Waals surface area contributed by atoms with Gasteiger partial charge in [-0.05, 0) is 23.8 Å². The van der Waals surface area contributed by atoms with E-state index in [0.717, 1.165) is 5.56 Å². The Hall–Kier alpha value is -3.28. The van der Waals surface area contributed by atoms with Gasteiger partial charge < -0.3 is 19.0 Å². The lowest BCUT2D eigenvalue weighted by atomic mass is 10.1. The van der Waals surface area contributed by atoms with Crippen LogP contribution in [0.2, 0.25) is 0 Å². The molecular formula is C19H17NO5. The van der Waals surface area contributed by atoms with E-state index in [2.05, 4.69) is 4.98 Å². The molecule has 6 heteroatoms. The van der Waals surface area contributed by atoms with Crippen LogP contribution in [-0.4, -0.2) is 23.2 Å². The summed E-state index contributed by atoms with van der Waals surface area (Å²) in [5.41, 5.74) is 1.88. The summed E-state index contributed by atoms with van der Waals surface area (Å²) in [5.74, 6) is -0.0233. The van der Waals surface area contributed by atoms with Crippen molar-refractivity contribution in [1.29, 1.82) is 0 Å². The second-order valence-electron chi connectivity index (χ2n) is 5.36. The van der Waals surface area contributed by atoms with Crippen molar-refractivity contribution in [3.8, 4) is 22.8 Å². The molecule has 0 radical (unpaired) electrons. The summed E-state index contributed by atoms with van der Waals surface area (Å²) >= 11 is 0. The van der Waals surface area contributed by atoms with E-state index in [1.165, 1.54) is 7.11 Å². The monoisotopic (exact) mass is 339 g/mol. The lowest BCUT2D eigenvalue weighted by Crippen LogP contribution is -1.99. The maximum atomic E-state index is 11.3. The summed E-state index contributed by atoms with van der Waals surface area (Å²) < 4.78 is 16.3. The molecular weight excluding hydrogens is 322 g/mol. The van der Waals surface area contributed by atoms with E-state index in [-0.39, 0.29) is 17.3 Å². The zero-order chi connectivity index (χ0) is 17.8. The molecule has 1 N–H and O–H groups in total. The average molecular weight is 339 g/mol. The van der Waals surface area contributed by atoms with E-state index in [9.17, 15) is 9.90 Å². The Labute approximate surface area is 144 Å². The maximum Gasteiger partial charge on any atom is 0.374 e. The van der Waals surface area contributed by atoms with Gasteiger partial charge in [-0.1, -0.05) is 30.3 Å². The molecule has 0 amide bonds. The summed E-state index contributed by atoms with van der Waals surface area (Å²) in [7, 11) is 1.53. The molecule has 2 aromatic carbocycles. The van der Waals surface area contributed by atoms with Crippen molar-refractivity contribution >= 4 is 5.97 Å². The number of ether oxygens (including phenoxy) is 2. The minimum atomic E-state index is -1.17. The van der Waals surface area contributed by atoms with Crippen LogP contribution in [0.1, 0.15) is 22.0 Å². The standard InChI is InChI=1S/C19H17NO5/c1-12-20-17(18(25-12)19(21)22)14-8-9-15(16(10-14)23-2)24-11-13-6-4-3-5-7-13/h3-10H,11H2,1-2H3,(H,21,22). The third-order valence-corrected chi connectivity index (χ3v) is 3.60. The fourth-order valence-electron chi connectivity index (χ4n) is 2.44. The number of carboxylic acid groups (broad SMARTS) is 1. The topological polar surface area (TPSA) is 81.8 Å². The number of benzene rings is 2. The predicted molar refractivity (Wildman–Crippen MR) is 91.0 cm³/mol. The van der Waals surface area contributed by atoms with Gasteiger partial charge in [-0.15, -0.1) is 0 Å². The van der Waals surface area contributed by atoms with Crippen LogP contribution >= 0.6 is 0 Å². The molecule has 0 saturated heterocycles. The number of aromatic carboxylic acids is 1. The van der Waals surface area contributed by atoms with Gasteiger partial charge in [-0.25, -0.2) is 9.78 Å². The molecule has 1 aromatic heterocycles. The molecule has 0 atom stereocenters. The van der Waals surface area contributed by atoms with Crippen molar-refractivity contribution < 1.29 is 23.8 Å². The zero-order valence-electron chi connectivity index (χ0n) is 13.9. The molecule has 0 fully saturated rings. The maximum absolute atomic E-state index is 11.3. The van der Waals surface area contributed by atoms with Crippen molar-refractivity contribution in [2.75, 3.05) is 7.11 Å². The second kappa shape index (κ2) is 7.09. The Balaban J connectivity index is 1.88. The molecule has 6 nitrogen and oxygen atoms in total. The molecule has 0 spiro atoms. The number of hydrogen-bond acceptors (Lipinski definition) is 5. The van der Waals surface area contributed by atoms with Crippen LogP contribution in [0.25, 0.3) is 11.3 Å². The molecule has 25 heavy (non-hydrogen) atoms. The summed E-state index contributed by atoms with van der Waals surface area (Å²) in [6.07, 6.45) is 0. The Kier molecular flexibility index (Phi) is 4.70. The molecule has 0 aliphatic heterocycles. The van der Waals surface area contributed by atoms with Crippen LogP contribution in [0.3, 0.4) is 0 Å². The number of nitrogens with zero attached hydrogens (tertiary/aromatic N) is 1. The number of carbonyl (C=O) groups is 1. The van der Waals surface area contributed by atoms with Crippen molar-refractivity contribution in [3.63, 3.8) is 0 Å². The summed E-state index contributed by atoms with van der Waals surface area (Å²) in [6, 6.07) is 14.9. The predicted octanol–water partition coefficient (Wildman–Crippen LogP) is 3.94. The summed E-state index contributed by atoms with van der Waals surface area (Å²) in [5, 5.41) is 9.24. The third kappa shape index (κ3) is 3.63. The first-order valence-electron chi connectivity index (χ1n) is 7.64. The smallest absolute Gasteiger partial charge is 0.374 e. The Bertz CT molecular complexity index is 886. The number of hydrogen-bond donors (Lipinski definition) is 1. The highest BCUT2D eigenvalue weighted by Crippen LogP contribution is 2.34. The average Bonchev–Trinajstić information content (AvgIpc) is 3.03. The number of rotatable bonds is 6. The van der Waals surface area contributed by atoms with E-state index >= 15 is 0 Å². The summed E-state index contributed by atoms with van der Waals surface area (Å²) in [4.78, 5) is 15.5. The fraction of sp³-hybridized carbons (Fsp3) is 0.158. The van der Waals surface area contributed by atoms with Gasteiger partial charge in [0.05, 0.1) is 7.11 Å².